The molecule has 0 saturated heterocycles. The average molecular weight is 280 g/mol. The van der Waals surface area contributed by atoms with Gasteiger partial charge in [-0.15, -0.1) is 0 Å². The van der Waals surface area contributed by atoms with Gasteiger partial charge in [0.1, 0.15) is 12.7 Å². The SMILES string of the molecule is c1ccc(-n2cncn2)c(NCc2cncn2C2CC2)c1. The first-order valence-corrected chi connectivity index (χ1v) is 7.10. The Morgan fingerprint density at radius 2 is 2.05 bits per heavy atom. The summed E-state index contributed by atoms with van der Waals surface area (Å²) in [5.74, 6) is 0. The summed E-state index contributed by atoms with van der Waals surface area (Å²) in [5, 5.41) is 7.67. The fraction of sp³-hybridized carbons (Fsp3) is 0.267. The fourth-order valence-corrected chi connectivity index (χ4v) is 2.49. The number of hydrogen-bond donors (Lipinski definition) is 1. The summed E-state index contributed by atoms with van der Waals surface area (Å²) in [4.78, 5) is 8.27. The molecular formula is C15H16N6. The second-order valence-electron chi connectivity index (χ2n) is 5.23. The van der Waals surface area contributed by atoms with Crippen molar-refractivity contribution in [3.63, 3.8) is 0 Å². The van der Waals surface area contributed by atoms with Crippen LogP contribution in [0.1, 0.15) is 24.6 Å². The van der Waals surface area contributed by atoms with Gasteiger partial charge in [0, 0.05) is 12.2 Å². The molecule has 21 heavy (non-hydrogen) atoms. The number of benzene rings is 1. The van der Waals surface area contributed by atoms with Gasteiger partial charge in [0.05, 0.1) is 29.9 Å². The first-order chi connectivity index (χ1) is 10.4. The third kappa shape index (κ3) is 2.40. The van der Waals surface area contributed by atoms with Crippen molar-refractivity contribution in [2.75, 3.05) is 5.32 Å². The molecule has 6 nitrogen and oxygen atoms in total. The smallest absolute Gasteiger partial charge is 0.138 e. The molecule has 1 N–H and O–H groups in total. The summed E-state index contributed by atoms with van der Waals surface area (Å²) >= 11 is 0. The highest BCUT2D eigenvalue weighted by atomic mass is 15.3. The third-order valence-electron chi connectivity index (χ3n) is 3.72. The molecule has 1 aliphatic rings. The summed E-state index contributed by atoms with van der Waals surface area (Å²) in [7, 11) is 0. The van der Waals surface area contributed by atoms with E-state index in [1.54, 1.807) is 17.3 Å². The summed E-state index contributed by atoms with van der Waals surface area (Å²) in [6.45, 7) is 0.752. The Morgan fingerprint density at radius 3 is 2.86 bits per heavy atom. The predicted molar refractivity (Wildman–Crippen MR) is 79.2 cm³/mol. The number of imidazole rings is 1. The van der Waals surface area contributed by atoms with Crippen LogP contribution in [-0.4, -0.2) is 24.3 Å². The van der Waals surface area contributed by atoms with E-state index in [0.717, 1.165) is 17.9 Å². The summed E-state index contributed by atoms with van der Waals surface area (Å²) in [6.07, 6.45) is 9.63. The lowest BCUT2D eigenvalue weighted by atomic mass is 10.2. The summed E-state index contributed by atoms with van der Waals surface area (Å²) in [6, 6.07) is 8.73. The first kappa shape index (κ1) is 12.1. The Morgan fingerprint density at radius 1 is 1.14 bits per heavy atom. The van der Waals surface area contributed by atoms with Gasteiger partial charge in [-0.25, -0.2) is 14.6 Å². The van der Waals surface area contributed by atoms with Gasteiger partial charge < -0.3 is 9.88 Å². The monoisotopic (exact) mass is 280 g/mol. The number of para-hydroxylation sites is 2. The maximum absolute atomic E-state index is 4.26. The molecule has 0 radical (unpaired) electrons. The van der Waals surface area contributed by atoms with E-state index < -0.39 is 0 Å². The number of anilines is 1. The fourth-order valence-electron chi connectivity index (χ4n) is 2.49. The van der Waals surface area contributed by atoms with Gasteiger partial charge in [-0.2, -0.15) is 5.10 Å². The van der Waals surface area contributed by atoms with Crippen LogP contribution in [0.2, 0.25) is 0 Å². The average Bonchev–Trinajstić information content (AvgIpc) is 3.04. The molecule has 0 amide bonds. The quantitative estimate of drug-likeness (QED) is 0.779. The standard InChI is InChI=1S/C15H16N6/c1-2-4-15(21-11-17-9-19-21)14(3-1)18-8-13-7-16-10-20(13)12-5-6-12/h1-4,7,9-12,18H,5-6,8H2. The molecule has 0 spiro atoms. The Kier molecular flexibility index (Phi) is 2.92. The zero-order chi connectivity index (χ0) is 14.1. The summed E-state index contributed by atoms with van der Waals surface area (Å²) < 4.78 is 4.03. The predicted octanol–water partition coefficient (Wildman–Crippen LogP) is 2.41. The van der Waals surface area contributed by atoms with E-state index in [1.165, 1.54) is 18.5 Å². The zero-order valence-electron chi connectivity index (χ0n) is 11.6. The Bertz CT molecular complexity index is 726. The van der Waals surface area contributed by atoms with Crippen LogP contribution < -0.4 is 5.32 Å². The van der Waals surface area contributed by atoms with E-state index in [1.807, 2.05) is 30.7 Å². The number of nitrogens with zero attached hydrogens (tertiary/aromatic N) is 5. The van der Waals surface area contributed by atoms with E-state index in [-0.39, 0.29) is 0 Å². The van der Waals surface area contributed by atoms with Gasteiger partial charge in [-0.1, -0.05) is 12.1 Å². The lowest BCUT2D eigenvalue weighted by Gasteiger charge is -2.12. The van der Waals surface area contributed by atoms with E-state index in [2.05, 4.69) is 31.0 Å². The Balaban J connectivity index is 1.56. The van der Waals surface area contributed by atoms with Crippen LogP contribution in [0.15, 0.2) is 49.4 Å². The zero-order valence-corrected chi connectivity index (χ0v) is 11.6. The van der Waals surface area contributed by atoms with Crippen molar-refractivity contribution in [2.24, 2.45) is 0 Å². The minimum absolute atomic E-state index is 0.648. The van der Waals surface area contributed by atoms with E-state index in [0.29, 0.717) is 6.04 Å². The normalized spacial score (nSPS) is 14.3. The molecular weight excluding hydrogens is 264 g/mol. The van der Waals surface area contributed by atoms with Gasteiger partial charge in [0.15, 0.2) is 0 Å². The van der Waals surface area contributed by atoms with Crippen molar-refractivity contribution < 1.29 is 0 Å². The maximum Gasteiger partial charge on any atom is 0.138 e. The maximum atomic E-state index is 4.26. The van der Waals surface area contributed by atoms with Crippen molar-refractivity contribution in [1.29, 1.82) is 0 Å². The second-order valence-corrected chi connectivity index (χ2v) is 5.23. The molecule has 3 aromatic rings. The molecule has 106 valence electrons. The lowest BCUT2D eigenvalue weighted by Crippen LogP contribution is -2.08. The van der Waals surface area contributed by atoms with Crippen molar-refractivity contribution >= 4 is 5.69 Å². The van der Waals surface area contributed by atoms with Crippen molar-refractivity contribution in [3.8, 4) is 5.69 Å². The Hall–Kier alpha value is -2.63. The minimum Gasteiger partial charge on any atom is -0.378 e. The van der Waals surface area contributed by atoms with E-state index >= 15 is 0 Å². The Labute approximate surface area is 122 Å². The molecule has 0 bridgehead atoms. The van der Waals surface area contributed by atoms with Crippen LogP contribution in [0.25, 0.3) is 5.69 Å². The number of aromatic nitrogens is 5. The van der Waals surface area contributed by atoms with Gasteiger partial charge in [-0.3, -0.25) is 0 Å². The van der Waals surface area contributed by atoms with Gasteiger partial charge in [-0.05, 0) is 25.0 Å². The van der Waals surface area contributed by atoms with Crippen LogP contribution in [-0.2, 0) is 6.54 Å². The van der Waals surface area contributed by atoms with Gasteiger partial charge in [0.25, 0.3) is 0 Å². The number of nitrogens with one attached hydrogen (secondary N) is 1. The molecule has 0 atom stereocenters. The highest BCUT2D eigenvalue weighted by Crippen LogP contribution is 2.35. The molecule has 2 heterocycles. The molecule has 6 heteroatoms. The molecule has 0 aliphatic heterocycles. The molecule has 1 saturated carbocycles. The third-order valence-corrected chi connectivity index (χ3v) is 3.72. The van der Waals surface area contributed by atoms with Crippen LogP contribution in [0, 0.1) is 0 Å². The van der Waals surface area contributed by atoms with Gasteiger partial charge in [0.2, 0.25) is 0 Å². The van der Waals surface area contributed by atoms with E-state index in [9.17, 15) is 0 Å². The molecule has 2 aromatic heterocycles. The number of rotatable bonds is 5. The molecule has 1 fully saturated rings. The van der Waals surface area contributed by atoms with Crippen LogP contribution in [0.4, 0.5) is 5.69 Å². The highest BCUT2D eigenvalue weighted by molar-refractivity contribution is 5.60. The van der Waals surface area contributed by atoms with Crippen molar-refractivity contribution in [3.05, 3.63) is 55.1 Å². The number of hydrogen-bond acceptors (Lipinski definition) is 4. The molecule has 4 rings (SSSR count). The van der Waals surface area contributed by atoms with E-state index in [4.69, 9.17) is 0 Å². The minimum atomic E-state index is 0.648. The summed E-state index contributed by atoms with van der Waals surface area (Å²) in [5.41, 5.74) is 3.24. The largest absolute Gasteiger partial charge is 0.378 e. The lowest BCUT2D eigenvalue weighted by molar-refractivity contribution is 0.700. The highest BCUT2D eigenvalue weighted by Gasteiger charge is 2.25. The second kappa shape index (κ2) is 5.05. The molecule has 1 aromatic carbocycles. The first-order valence-electron chi connectivity index (χ1n) is 7.10. The van der Waals surface area contributed by atoms with Crippen molar-refractivity contribution in [1.82, 2.24) is 24.3 Å². The van der Waals surface area contributed by atoms with Crippen LogP contribution >= 0.6 is 0 Å². The van der Waals surface area contributed by atoms with Crippen LogP contribution in [0.3, 0.4) is 0 Å². The van der Waals surface area contributed by atoms with Crippen molar-refractivity contribution in [2.45, 2.75) is 25.4 Å². The molecule has 0 unspecified atom stereocenters. The van der Waals surface area contributed by atoms with Crippen LogP contribution in [0.5, 0.6) is 0 Å². The van der Waals surface area contributed by atoms with Gasteiger partial charge >= 0.3 is 0 Å². The topological polar surface area (TPSA) is 60.6 Å². The molecule has 1 aliphatic carbocycles.